The van der Waals surface area contributed by atoms with Gasteiger partial charge in [0.15, 0.2) is 0 Å². The lowest BCUT2D eigenvalue weighted by atomic mass is 10.0. The van der Waals surface area contributed by atoms with Crippen molar-refractivity contribution in [3.63, 3.8) is 0 Å². The summed E-state index contributed by atoms with van der Waals surface area (Å²) in [5, 5.41) is 15.1. The van der Waals surface area contributed by atoms with Crippen LogP contribution in [-0.2, 0) is 45.1 Å². The molecule has 0 spiro atoms. The van der Waals surface area contributed by atoms with E-state index in [0.29, 0.717) is 5.56 Å². The van der Waals surface area contributed by atoms with Crippen LogP contribution in [0.3, 0.4) is 0 Å². The van der Waals surface area contributed by atoms with Crippen LogP contribution in [0, 0.1) is 0 Å². The van der Waals surface area contributed by atoms with Gasteiger partial charge in [-0.15, -0.1) is 0 Å². The zero-order valence-corrected chi connectivity index (χ0v) is 22.4. The lowest BCUT2D eigenvalue weighted by molar-refractivity contribution is -0.149. The fourth-order valence-corrected chi connectivity index (χ4v) is 4.13. The number of esters is 1. The molecule has 0 aliphatic carbocycles. The minimum atomic E-state index is -1.05. The minimum Gasteiger partial charge on any atom is -0.508 e. The van der Waals surface area contributed by atoms with Gasteiger partial charge >= 0.3 is 12.1 Å². The van der Waals surface area contributed by atoms with E-state index in [4.69, 9.17) is 9.47 Å². The quantitative estimate of drug-likeness (QED) is 0.220. The van der Waals surface area contributed by atoms with E-state index in [-0.39, 0.29) is 31.8 Å². The molecule has 8 heteroatoms. The van der Waals surface area contributed by atoms with Crippen molar-refractivity contribution in [2.45, 2.75) is 38.1 Å². The molecule has 0 fully saturated rings. The Morgan fingerprint density at radius 2 is 1.02 bits per heavy atom. The molecule has 0 heterocycles. The number of alkyl carbamates (subject to hydrolysis) is 1. The molecule has 0 aromatic heterocycles. The van der Waals surface area contributed by atoms with Crippen LogP contribution in [0.5, 0.6) is 5.75 Å². The van der Waals surface area contributed by atoms with Gasteiger partial charge in [-0.3, -0.25) is 4.79 Å². The summed E-state index contributed by atoms with van der Waals surface area (Å²) in [7, 11) is 0. The van der Waals surface area contributed by atoms with Crippen LogP contribution in [0.4, 0.5) is 4.79 Å². The number of carbonyl (C=O) groups excluding carboxylic acids is 3. The Bertz CT molecular complexity index is 1400. The van der Waals surface area contributed by atoms with Crippen molar-refractivity contribution < 1.29 is 29.0 Å². The molecule has 210 valence electrons. The predicted molar refractivity (Wildman–Crippen MR) is 154 cm³/mol. The van der Waals surface area contributed by atoms with Gasteiger partial charge < -0.3 is 25.2 Å². The molecular weight excluding hydrogens is 520 g/mol. The first-order chi connectivity index (χ1) is 20.0. The maximum Gasteiger partial charge on any atom is 0.408 e. The number of hydrogen-bond acceptors (Lipinski definition) is 6. The van der Waals surface area contributed by atoms with E-state index in [1.54, 1.807) is 12.1 Å². The predicted octanol–water partition coefficient (Wildman–Crippen LogP) is 4.70. The maximum atomic E-state index is 13.6. The first kappa shape index (κ1) is 28.9. The number of benzene rings is 4. The molecule has 3 N–H and O–H groups in total. The molecule has 2 amide bonds. The van der Waals surface area contributed by atoms with Gasteiger partial charge in [0, 0.05) is 12.8 Å². The second-order valence-electron chi connectivity index (χ2n) is 9.47. The zero-order valence-electron chi connectivity index (χ0n) is 22.4. The molecule has 0 aliphatic heterocycles. The molecule has 41 heavy (non-hydrogen) atoms. The average molecular weight is 553 g/mol. The standard InChI is InChI=1S/C33H32N2O6/c36-28-18-16-25(17-19-28)21-30(32(38)40-22-26-12-6-2-7-13-26)34-31(37)29(20-24-10-4-1-5-11-24)35-33(39)41-23-27-14-8-3-9-15-27/h1-19,29-30,36H,20-23H2,(H,34,37)(H,35,39). The number of amides is 2. The molecule has 4 aromatic rings. The Hall–Kier alpha value is -5.11. The van der Waals surface area contributed by atoms with Gasteiger partial charge in [-0.2, -0.15) is 0 Å². The van der Waals surface area contributed by atoms with E-state index in [9.17, 15) is 19.5 Å². The fraction of sp³-hybridized carbons (Fsp3) is 0.182. The zero-order chi connectivity index (χ0) is 28.9. The number of hydrogen-bond donors (Lipinski definition) is 3. The molecule has 0 saturated carbocycles. The molecule has 0 aliphatic rings. The maximum absolute atomic E-state index is 13.6. The Kier molecular flexibility index (Phi) is 10.5. The first-order valence-electron chi connectivity index (χ1n) is 13.3. The highest BCUT2D eigenvalue weighted by atomic mass is 16.5. The largest absolute Gasteiger partial charge is 0.508 e. The van der Waals surface area contributed by atoms with Crippen LogP contribution in [-0.4, -0.2) is 35.2 Å². The first-order valence-corrected chi connectivity index (χ1v) is 13.3. The van der Waals surface area contributed by atoms with Crippen molar-refractivity contribution in [3.05, 3.63) is 138 Å². The highest BCUT2D eigenvalue weighted by Gasteiger charge is 2.29. The number of rotatable bonds is 12. The van der Waals surface area contributed by atoms with Crippen molar-refractivity contribution >= 4 is 18.0 Å². The number of nitrogens with one attached hydrogen (secondary N) is 2. The molecule has 4 rings (SSSR count). The van der Waals surface area contributed by atoms with E-state index in [1.807, 2.05) is 91.0 Å². The molecule has 0 radical (unpaired) electrons. The third-order valence-electron chi connectivity index (χ3n) is 6.31. The van der Waals surface area contributed by atoms with Crippen molar-refractivity contribution in [3.8, 4) is 5.75 Å². The fourth-order valence-electron chi connectivity index (χ4n) is 4.13. The normalized spacial score (nSPS) is 12.0. The summed E-state index contributed by atoms with van der Waals surface area (Å²) in [5.41, 5.74) is 3.14. The SMILES string of the molecule is O=C(NC(Cc1ccccc1)C(=O)NC(Cc1ccc(O)cc1)C(=O)OCc1ccccc1)OCc1ccccc1. The summed E-state index contributed by atoms with van der Waals surface area (Å²) in [6, 6.07) is 31.9. The summed E-state index contributed by atoms with van der Waals surface area (Å²) in [6.45, 7) is 0.0841. The molecule has 2 unspecified atom stereocenters. The molecule has 4 aromatic carbocycles. The highest BCUT2D eigenvalue weighted by Crippen LogP contribution is 2.13. The van der Waals surface area contributed by atoms with Crippen LogP contribution in [0.15, 0.2) is 115 Å². The Morgan fingerprint density at radius 1 is 0.561 bits per heavy atom. The van der Waals surface area contributed by atoms with Crippen LogP contribution in [0.2, 0.25) is 0 Å². The third-order valence-corrected chi connectivity index (χ3v) is 6.31. The Labute approximate surface area is 238 Å². The van der Waals surface area contributed by atoms with Crippen molar-refractivity contribution in [2.24, 2.45) is 0 Å². The van der Waals surface area contributed by atoms with Gasteiger partial charge in [0.1, 0.15) is 31.0 Å². The summed E-state index contributed by atoms with van der Waals surface area (Å²) < 4.78 is 10.9. The van der Waals surface area contributed by atoms with E-state index < -0.39 is 30.1 Å². The summed E-state index contributed by atoms with van der Waals surface area (Å²) in [6.07, 6.45) is -0.458. The second kappa shape index (κ2) is 14.9. The third kappa shape index (κ3) is 9.54. The molecule has 8 nitrogen and oxygen atoms in total. The van der Waals surface area contributed by atoms with E-state index in [1.165, 1.54) is 12.1 Å². The lowest BCUT2D eigenvalue weighted by Gasteiger charge is -2.23. The van der Waals surface area contributed by atoms with Crippen molar-refractivity contribution in [1.29, 1.82) is 0 Å². The van der Waals surface area contributed by atoms with Crippen molar-refractivity contribution in [1.82, 2.24) is 10.6 Å². The van der Waals surface area contributed by atoms with Crippen molar-refractivity contribution in [2.75, 3.05) is 0 Å². The average Bonchev–Trinajstić information content (AvgIpc) is 3.00. The van der Waals surface area contributed by atoms with Gasteiger partial charge in [0.05, 0.1) is 0 Å². The number of ether oxygens (including phenoxy) is 2. The van der Waals surface area contributed by atoms with Crippen LogP contribution >= 0.6 is 0 Å². The smallest absolute Gasteiger partial charge is 0.408 e. The van der Waals surface area contributed by atoms with Crippen LogP contribution in [0.25, 0.3) is 0 Å². The molecule has 0 bridgehead atoms. The van der Waals surface area contributed by atoms with Gasteiger partial charge in [-0.1, -0.05) is 103 Å². The van der Waals surface area contributed by atoms with E-state index >= 15 is 0 Å². The van der Waals surface area contributed by atoms with Gasteiger partial charge in [0.25, 0.3) is 0 Å². The van der Waals surface area contributed by atoms with E-state index in [0.717, 1.165) is 16.7 Å². The monoisotopic (exact) mass is 552 g/mol. The number of phenolic OH excluding ortho intramolecular Hbond substituents is 1. The highest BCUT2D eigenvalue weighted by molar-refractivity contribution is 5.90. The van der Waals surface area contributed by atoms with Gasteiger partial charge in [-0.25, -0.2) is 9.59 Å². The molecule has 0 saturated heterocycles. The Morgan fingerprint density at radius 3 is 1.59 bits per heavy atom. The molecular formula is C33H32N2O6. The van der Waals surface area contributed by atoms with Gasteiger partial charge in [-0.05, 0) is 34.4 Å². The van der Waals surface area contributed by atoms with E-state index in [2.05, 4.69) is 10.6 Å². The lowest BCUT2D eigenvalue weighted by Crippen LogP contribution is -2.53. The second-order valence-corrected chi connectivity index (χ2v) is 9.47. The Balaban J connectivity index is 1.48. The number of aromatic hydroxyl groups is 1. The minimum absolute atomic E-state index is 0.0408. The topological polar surface area (TPSA) is 114 Å². The molecule has 2 atom stereocenters. The van der Waals surface area contributed by atoms with Crippen LogP contribution in [0.1, 0.15) is 22.3 Å². The summed E-state index contributed by atoms with van der Waals surface area (Å²) >= 11 is 0. The summed E-state index contributed by atoms with van der Waals surface area (Å²) in [5.74, 6) is -1.10. The summed E-state index contributed by atoms with van der Waals surface area (Å²) in [4.78, 5) is 39.4. The van der Waals surface area contributed by atoms with Crippen LogP contribution < -0.4 is 10.6 Å². The number of carbonyl (C=O) groups is 3. The van der Waals surface area contributed by atoms with Gasteiger partial charge in [0.2, 0.25) is 5.91 Å². The number of phenols is 1.